The highest BCUT2D eigenvalue weighted by atomic mass is 32.1. The molecule has 0 aliphatic heterocycles. The van der Waals surface area contributed by atoms with Crippen LogP contribution in [0.3, 0.4) is 0 Å². The van der Waals surface area contributed by atoms with Crippen molar-refractivity contribution in [1.82, 2.24) is 5.32 Å². The third-order valence-corrected chi connectivity index (χ3v) is 3.85. The van der Waals surface area contributed by atoms with Crippen LogP contribution in [-0.2, 0) is 11.3 Å². The monoisotopic (exact) mass is 263 g/mol. The molecule has 2 nitrogen and oxygen atoms in total. The summed E-state index contributed by atoms with van der Waals surface area (Å²) in [6.45, 7) is 6.91. The Balaban J connectivity index is 1.74. The van der Waals surface area contributed by atoms with Crippen molar-refractivity contribution in [3.8, 4) is 0 Å². The second-order valence-corrected chi connectivity index (χ2v) is 5.68. The quantitative estimate of drug-likeness (QED) is 0.767. The highest BCUT2D eigenvalue weighted by Gasteiger charge is 2.02. The molecule has 1 aromatic heterocycles. The molecule has 18 heavy (non-hydrogen) atoms. The van der Waals surface area contributed by atoms with Gasteiger partial charge in [-0.1, -0.05) is 32.0 Å². The summed E-state index contributed by atoms with van der Waals surface area (Å²) in [5.74, 6) is 0. The van der Waals surface area contributed by atoms with Crippen molar-refractivity contribution >= 4 is 21.4 Å². The van der Waals surface area contributed by atoms with Crippen LogP contribution in [0.4, 0.5) is 0 Å². The largest absolute Gasteiger partial charge is 0.377 e. The summed E-state index contributed by atoms with van der Waals surface area (Å²) in [6, 6.07) is 9.07. The lowest BCUT2D eigenvalue weighted by Gasteiger charge is -2.08. The summed E-state index contributed by atoms with van der Waals surface area (Å²) in [4.78, 5) is 0. The van der Waals surface area contributed by atoms with E-state index in [0.717, 1.165) is 26.2 Å². The molecule has 0 amide bonds. The zero-order chi connectivity index (χ0) is 12.8. The molecule has 0 radical (unpaired) electrons. The van der Waals surface area contributed by atoms with Gasteiger partial charge in [-0.15, -0.1) is 11.3 Å². The molecule has 0 atom stereocenters. The minimum atomic E-state index is 0.561. The second kappa shape index (κ2) is 6.88. The molecule has 0 saturated heterocycles. The number of nitrogens with one attached hydrogen (secondary N) is 1. The van der Waals surface area contributed by atoms with E-state index >= 15 is 0 Å². The minimum Gasteiger partial charge on any atom is -0.377 e. The topological polar surface area (TPSA) is 21.3 Å². The lowest BCUT2D eigenvalue weighted by atomic mass is 10.2. The van der Waals surface area contributed by atoms with Crippen LogP contribution in [0.2, 0.25) is 0 Å². The van der Waals surface area contributed by atoms with Crippen molar-refractivity contribution in [1.29, 1.82) is 0 Å². The first-order valence-electron chi connectivity index (χ1n) is 6.53. The van der Waals surface area contributed by atoms with Gasteiger partial charge in [-0.05, 0) is 35.4 Å². The molecule has 0 unspecified atom stereocenters. The van der Waals surface area contributed by atoms with Crippen molar-refractivity contribution in [3.63, 3.8) is 0 Å². The smallest absolute Gasteiger partial charge is 0.0731 e. The van der Waals surface area contributed by atoms with E-state index in [1.54, 1.807) is 11.3 Å². The summed E-state index contributed by atoms with van der Waals surface area (Å²) >= 11 is 1.79. The molecule has 1 aromatic carbocycles. The van der Waals surface area contributed by atoms with Gasteiger partial charge in [-0.25, -0.2) is 0 Å². The van der Waals surface area contributed by atoms with Gasteiger partial charge in [-0.3, -0.25) is 0 Å². The number of rotatable bonds is 7. The second-order valence-electron chi connectivity index (χ2n) is 4.77. The van der Waals surface area contributed by atoms with Crippen LogP contribution < -0.4 is 5.32 Å². The molecule has 0 bridgehead atoms. The molecule has 0 saturated carbocycles. The fourth-order valence-corrected chi connectivity index (χ4v) is 2.84. The van der Waals surface area contributed by atoms with E-state index in [4.69, 9.17) is 4.74 Å². The van der Waals surface area contributed by atoms with Crippen LogP contribution in [0.5, 0.6) is 0 Å². The first-order chi connectivity index (χ1) is 8.77. The third kappa shape index (κ3) is 3.80. The standard InChI is InChI=1S/C15H21NOS/c1-12(2)16-8-5-9-17-10-13-11-18-15-7-4-3-6-14(13)15/h3-4,6-7,11-12,16H,5,8-10H2,1-2H3. The number of hydrogen-bond acceptors (Lipinski definition) is 3. The molecule has 0 fully saturated rings. The molecule has 98 valence electrons. The molecule has 2 rings (SSSR count). The van der Waals surface area contributed by atoms with Gasteiger partial charge >= 0.3 is 0 Å². The normalized spacial score (nSPS) is 11.5. The molecule has 2 aromatic rings. The highest BCUT2D eigenvalue weighted by Crippen LogP contribution is 2.25. The molecule has 1 N–H and O–H groups in total. The van der Waals surface area contributed by atoms with Crippen molar-refractivity contribution in [2.75, 3.05) is 13.2 Å². The zero-order valence-corrected chi connectivity index (χ0v) is 11.9. The summed E-state index contributed by atoms with van der Waals surface area (Å²) in [5, 5.41) is 6.93. The Labute approximate surface area is 113 Å². The number of ether oxygens (including phenoxy) is 1. The molecule has 3 heteroatoms. The maximum Gasteiger partial charge on any atom is 0.0731 e. The number of hydrogen-bond donors (Lipinski definition) is 1. The molecular formula is C15H21NOS. The van der Waals surface area contributed by atoms with E-state index in [2.05, 4.69) is 48.8 Å². The Morgan fingerprint density at radius 3 is 2.94 bits per heavy atom. The predicted molar refractivity (Wildman–Crippen MR) is 79.2 cm³/mol. The Bertz CT molecular complexity index is 478. The van der Waals surface area contributed by atoms with Gasteiger partial charge in [0, 0.05) is 17.3 Å². The minimum absolute atomic E-state index is 0.561. The van der Waals surface area contributed by atoms with Gasteiger partial charge < -0.3 is 10.1 Å². The molecule has 1 heterocycles. The summed E-state index contributed by atoms with van der Waals surface area (Å²) in [7, 11) is 0. The number of benzene rings is 1. The van der Waals surface area contributed by atoms with Gasteiger partial charge in [0.25, 0.3) is 0 Å². The van der Waals surface area contributed by atoms with Gasteiger partial charge in [0.2, 0.25) is 0 Å². The molecule has 0 spiro atoms. The SMILES string of the molecule is CC(C)NCCCOCc1csc2ccccc12. The van der Waals surface area contributed by atoms with Gasteiger partial charge in [0.05, 0.1) is 6.61 Å². The Morgan fingerprint density at radius 1 is 1.28 bits per heavy atom. The van der Waals surface area contributed by atoms with Crippen LogP contribution in [0, 0.1) is 0 Å². The van der Waals surface area contributed by atoms with E-state index in [9.17, 15) is 0 Å². The van der Waals surface area contributed by atoms with E-state index in [1.807, 2.05) is 0 Å². The molecular weight excluding hydrogens is 242 g/mol. The van der Waals surface area contributed by atoms with Crippen LogP contribution in [0.1, 0.15) is 25.8 Å². The maximum absolute atomic E-state index is 5.73. The van der Waals surface area contributed by atoms with Crippen molar-refractivity contribution in [3.05, 3.63) is 35.2 Å². The predicted octanol–water partition coefficient (Wildman–Crippen LogP) is 3.81. The highest BCUT2D eigenvalue weighted by molar-refractivity contribution is 7.17. The van der Waals surface area contributed by atoms with E-state index < -0.39 is 0 Å². The van der Waals surface area contributed by atoms with Crippen LogP contribution in [0.15, 0.2) is 29.6 Å². The van der Waals surface area contributed by atoms with Crippen LogP contribution in [-0.4, -0.2) is 19.2 Å². The van der Waals surface area contributed by atoms with Crippen molar-refractivity contribution in [2.45, 2.75) is 32.9 Å². The first kappa shape index (κ1) is 13.5. The Morgan fingerprint density at radius 2 is 2.11 bits per heavy atom. The zero-order valence-electron chi connectivity index (χ0n) is 11.1. The van der Waals surface area contributed by atoms with E-state index in [0.29, 0.717) is 6.04 Å². The van der Waals surface area contributed by atoms with Crippen LogP contribution >= 0.6 is 11.3 Å². The lowest BCUT2D eigenvalue weighted by molar-refractivity contribution is 0.119. The number of thiophene rings is 1. The van der Waals surface area contributed by atoms with Gasteiger partial charge in [-0.2, -0.15) is 0 Å². The van der Waals surface area contributed by atoms with Crippen LogP contribution in [0.25, 0.3) is 10.1 Å². The first-order valence-corrected chi connectivity index (χ1v) is 7.41. The molecule has 0 aliphatic rings. The summed E-state index contributed by atoms with van der Waals surface area (Å²) in [5.41, 5.74) is 1.31. The summed E-state index contributed by atoms with van der Waals surface area (Å²) < 4.78 is 7.08. The fraction of sp³-hybridized carbons (Fsp3) is 0.467. The maximum atomic E-state index is 5.73. The van der Waals surface area contributed by atoms with E-state index in [1.165, 1.54) is 15.6 Å². The average molecular weight is 263 g/mol. The van der Waals surface area contributed by atoms with E-state index in [-0.39, 0.29) is 0 Å². The third-order valence-electron chi connectivity index (χ3n) is 2.84. The average Bonchev–Trinajstić information content (AvgIpc) is 2.77. The lowest BCUT2D eigenvalue weighted by Crippen LogP contribution is -2.24. The van der Waals surface area contributed by atoms with Crippen molar-refractivity contribution < 1.29 is 4.74 Å². The Hall–Kier alpha value is -0.900. The number of fused-ring (bicyclic) bond motifs is 1. The summed E-state index contributed by atoms with van der Waals surface area (Å²) in [6.07, 6.45) is 1.07. The van der Waals surface area contributed by atoms with Gasteiger partial charge in [0.15, 0.2) is 0 Å². The van der Waals surface area contributed by atoms with Crippen molar-refractivity contribution in [2.24, 2.45) is 0 Å². The van der Waals surface area contributed by atoms with Gasteiger partial charge in [0.1, 0.15) is 0 Å². The Kier molecular flexibility index (Phi) is 5.17. The fourth-order valence-electron chi connectivity index (χ4n) is 1.89. The molecule has 0 aliphatic carbocycles.